The van der Waals surface area contributed by atoms with Crippen LogP contribution < -0.4 is 5.56 Å². The van der Waals surface area contributed by atoms with E-state index in [4.69, 9.17) is 4.98 Å². The van der Waals surface area contributed by atoms with E-state index in [-0.39, 0.29) is 23.4 Å². The van der Waals surface area contributed by atoms with E-state index in [1.165, 1.54) is 4.88 Å². The number of hydrogen-bond donors (Lipinski definition) is 1. The van der Waals surface area contributed by atoms with Crippen molar-refractivity contribution in [3.8, 4) is 0 Å². The van der Waals surface area contributed by atoms with Gasteiger partial charge in [-0.1, -0.05) is 13.0 Å². The average molecular weight is 413 g/mol. The largest absolute Gasteiger partial charge is 0.332 e. The molecule has 1 amide bonds. The Labute approximate surface area is 175 Å². The highest BCUT2D eigenvalue weighted by Crippen LogP contribution is 2.42. The van der Waals surface area contributed by atoms with Crippen molar-refractivity contribution < 1.29 is 4.79 Å². The van der Waals surface area contributed by atoms with Gasteiger partial charge in [-0.3, -0.25) is 14.5 Å². The molecule has 2 aliphatic heterocycles. The number of piperidine rings is 1. The number of fused-ring (bicyclic) bond motifs is 1. The molecule has 29 heavy (non-hydrogen) atoms. The number of nitrogens with one attached hydrogen (secondary N) is 1. The summed E-state index contributed by atoms with van der Waals surface area (Å²) in [5, 5.41) is 2.10. The normalized spacial score (nSPS) is 26.9. The van der Waals surface area contributed by atoms with Crippen molar-refractivity contribution in [3.05, 3.63) is 49.8 Å². The van der Waals surface area contributed by atoms with Crippen molar-refractivity contribution in [2.45, 2.75) is 58.2 Å². The molecule has 1 N–H and O–H groups in total. The Morgan fingerprint density at radius 1 is 1.34 bits per heavy atom. The second kappa shape index (κ2) is 7.69. The summed E-state index contributed by atoms with van der Waals surface area (Å²) in [6.07, 6.45) is 4.71. The van der Waals surface area contributed by atoms with Gasteiger partial charge >= 0.3 is 0 Å². The van der Waals surface area contributed by atoms with Crippen LogP contribution in [0.4, 0.5) is 0 Å². The summed E-state index contributed by atoms with van der Waals surface area (Å²) >= 11 is 1.76. The highest BCUT2D eigenvalue weighted by atomic mass is 32.1. The standard InChI is InChI=1S/C22H28N4O2S/c1-14-11-17(14)22(28)26-8-3-2-6-19(26)20-23-18-13-25(12-15-5-4-10-29-15)9-7-16(18)21(27)24-20/h4-5,10,14,17,19H,2-3,6-9,11-13H2,1H3,(H,23,24,27)/t14-,17-,19+/m1/s1. The number of amides is 1. The first-order chi connectivity index (χ1) is 14.1. The van der Waals surface area contributed by atoms with Gasteiger partial charge in [0, 0.05) is 42.5 Å². The van der Waals surface area contributed by atoms with Crippen LogP contribution >= 0.6 is 11.3 Å². The lowest BCUT2D eigenvalue weighted by atomic mass is 9.99. The maximum Gasteiger partial charge on any atom is 0.254 e. The highest BCUT2D eigenvalue weighted by Gasteiger charge is 2.44. The number of likely N-dealkylation sites (tertiary alicyclic amines) is 1. The van der Waals surface area contributed by atoms with E-state index in [0.717, 1.165) is 63.0 Å². The van der Waals surface area contributed by atoms with Gasteiger partial charge in [0.1, 0.15) is 5.82 Å². The third-order valence-corrected chi connectivity index (χ3v) is 7.52. The molecule has 0 radical (unpaired) electrons. The summed E-state index contributed by atoms with van der Waals surface area (Å²) in [5.74, 6) is 1.60. The van der Waals surface area contributed by atoms with E-state index in [2.05, 4.69) is 34.3 Å². The molecule has 3 aliphatic rings. The molecule has 1 aliphatic carbocycles. The summed E-state index contributed by atoms with van der Waals surface area (Å²) in [6.45, 7) is 5.39. The molecule has 1 saturated carbocycles. The van der Waals surface area contributed by atoms with Gasteiger partial charge < -0.3 is 9.88 Å². The number of nitrogens with zero attached hydrogens (tertiary/aromatic N) is 3. The minimum atomic E-state index is -0.0882. The first kappa shape index (κ1) is 19.0. The van der Waals surface area contributed by atoms with Gasteiger partial charge in [0.15, 0.2) is 0 Å². The van der Waals surface area contributed by atoms with Crippen molar-refractivity contribution in [1.29, 1.82) is 0 Å². The zero-order chi connectivity index (χ0) is 20.0. The lowest BCUT2D eigenvalue weighted by Crippen LogP contribution is -2.42. The van der Waals surface area contributed by atoms with Gasteiger partial charge in [0.25, 0.3) is 5.56 Å². The minimum Gasteiger partial charge on any atom is -0.332 e. The van der Waals surface area contributed by atoms with Crippen LogP contribution in [0.2, 0.25) is 0 Å². The van der Waals surface area contributed by atoms with Crippen LogP contribution in [-0.2, 0) is 24.3 Å². The Hall–Kier alpha value is -1.99. The lowest BCUT2D eigenvalue weighted by Gasteiger charge is -2.36. The number of carbonyl (C=O) groups is 1. The van der Waals surface area contributed by atoms with Crippen molar-refractivity contribution in [2.75, 3.05) is 13.1 Å². The molecule has 0 bridgehead atoms. The van der Waals surface area contributed by atoms with Crippen LogP contribution in [0.5, 0.6) is 0 Å². The van der Waals surface area contributed by atoms with Crippen molar-refractivity contribution >= 4 is 17.2 Å². The maximum absolute atomic E-state index is 13.0. The molecular weight excluding hydrogens is 384 g/mol. The molecule has 4 heterocycles. The molecule has 0 spiro atoms. The van der Waals surface area contributed by atoms with Gasteiger partial charge in [-0.25, -0.2) is 4.98 Å². The molecule has 6 nitrogen and oxygen atoms in total. The molecule has 0 unspecified atom stereocenters. The fourth-order valence-corrected chi connectivity index (χ4v) is 5.53. The SMILES string of the molecule is C[C@@H]1C[C@H]1C(=O)N1CCCC[C@H]1c1nc2c(c(=O)[nH]1)CCN(Cc1cccs1)C2. The predicted molar refractivity (Wildman–Crippen MR) is 113 cm³/mol. The summed E-state index contributed by atoms with van der Waals surface area (Å²) in [4.78, 5) is 39.4. The zero-order valence-electron chi connectivity index (χ0n) is 16.9. The van der Waals surface area contributed by atoms with E-state index < -0.39 is 0 Å². The quantitative estimate of drug-likeness (QED) is 0.838. The van der Waals surface area contributed by atoms with Gasteiger partial charge in [-0.15, -0.1) is 11.3 Å². The molecule has 1 saturated heterocycles. The lowest BCUT2D eigenvalue weighted by molar-refractivity contribution is -0.137. The van der Waals surface area contributed by atoms with Crippen LogP contribution in [0.3, 0.4) is 0 Å². The molecule has 3 atom stereocenters. The number of H-pyrrole nitrogens is 1. The Bertz CT molecular complexity index is 954. The molecule has 2 aromatic heterocycles. The fourth-order valence-electron chi connectivity index (χ4n) is 4.79. The molecule has 2 aromatic rings. The number of hydrogen-bond acceptors (Lipinski definition) is 5. The summed E-state index contributed by atoms with van der Waals surface area (Å²) < 4.78 is 0. The van der Waals surface area contributed by atoms with Crippen LogP contribution in [0, 0.1) is 11.8 Å². The van der Waals surface area contributed by atoms with Gasteiger partial charge in [-0.2, -0.15) is 0 Å². The summed E-state index contributed by atoms with van der Waals surface area (Å²) in [6, 6.07) is 4.14. The summed E-state index contributed by atoms with van der Waals surface area (Å²) in [7, 11) is 0. The first-order valence-electron chi connectivity index (χ1n) is 10.8. The molecule has 154 valence electrons. The number of rotatable bonds is 4. The maximum atomic E-state index is 13.0. The van der Waals surface area contributed by atoms with Crippen molar-refractivity contribution in [3.63, 3.8) is 0 Å². The van der Waals surface area contributed by atoms with Crippen LogP contribution in [-0.4, -0.2) is 38.8 Å². The average Bonchev–Trinajstić information content (AvgIpc) is 3.23. The Balaban J connectivity index is 1.40. The van der Waals surface area contributed by atoms with E-state index >= 15 is 0 Å². The Morgan fingerprint density at radius 3 is 2.97 bits per heavy atom. The second-order valence-electron chi connectivity index (χ2n) is 8.78. The van der Waals surface area contributed by atoms with Gasteiger partial charge in [0.05, 0.1) is 11.7 Å². The van der Waals surface area contributed by atoms with E-state index in [1.807, 2.05) is 4.90 Å². The monoisotopic (exact) mass is 412 g/mol. The zero-order valence-corrected chi connectivity index (χ0v) is 17.7. The predicted octanol–water partition coefficient (Wildman–Crippen LogP) is 3.10. The number of aromatic nitrogens is 2. The van der Waals surface area contributed by atoms with Crippen molar-refractivity contribution in [1.82, 2.24) is 19.8 Å². The van der Waals surface area contributed by atoms with Gasteiger partial charge in [0.2, 0.25) is 5.91 Å². The first-order valence-corrected chi connectivity index (χ1v) is 11.7. The van der Waals surface area contributed by atoms with Crippen LogP contribution in [0.15, 0.2) is 22.3 Å². The fraction of sp³-hybridized carbons (Fsp3) is 0.591. The van der Waals surface area contributed by atoms with Crippen LogP contribution in [0.25, 0.3) is 0 Å². The molecule has 2 fully saturated rings. The Morgan fingerprint density at radius 2 is 2.21 bits per heavy atom. The second-order valence-corrected chi connectivity index (χ2v) is 9.81. The van der Waals surface area contributed by atoms with Gasteiger partial charge in [-0.05, 0) is 49.5 Å². The molecule has 7 heteroatoms. The van der Waals surface area contributed by atoms with Crippen molar-refractivity contribution in [2.24, 2.45) is 11.8 Å². The molecular formula is C22H28N4O2S. The van der Waals surface area contributed by atoms with E-state index in [9.17, 15) is 9.59 Å². The number of aromatic amines is 1. The minimum absolute atomic E-state index is 0.0152. The van der Waals surface area contributed by atoms with Crippen LogP contribution in [0.1, 0.15) is 60.6 Å². The smallest absolute Gasteiger partial charge is 0.254 e. The van der Waals surface area contributed by atoms with E-state index in [0.29, 0.717) is 18.3 Å². The topological polar surface area (TPSA) is 69.3 Å². The number of carbonyl (C=O) groups excluding carboxylic acids is 1. The third-order valence-electron chi connectivity index (χ3n) is 6.66. The molecule has 0 aromatic carbocycles. The number of thiophene rings is 1. The summed E-state index contributed by atoms with van der Waals surface area (Å²) in [5.41, 5.74) is 1.70. The Kier molecular flexibility index (Phi) is 5.04. The molecule has 5 rings (SSSR count). The highest BCUT2D eigenvalue weighted by molar-refractivity contribution is 7.09. The van der Waals surface area contributed by atoms with E-state index in [1.54, 1.807) is 11.3 Å². The third kappa shape index (κ3) is 3.78.